The van der Waals surface area contributed by atoms with Gasteiger partial charge in [-0.25, -0.2) is 0 Å². The van der Waals surface area contributed by atoms with Crippen LogP contribution in [-0.2, 0) is 9.59 Å². The molecule has 2 aliphatic heterocycles. The van der Waals surface area contributed by atoms with Crippen molar-refractivity contribution in [2.45, 2.75) is 58.6 Å². The maximum atomic E-state index is 12.8. The minimum Gasteiger partial charge on any atom is -0.490 e. The Balaban J connectivity index is 1.51. The first-order valence-electron chi connectivity index (χ1n) is 9.56. The first-order chi connectivity index (χ1) is 12.2. The van der Waals surface area contributed by atoms with Crippen LogP contribution in [0.1, 0.15) is 45.6 Å². The number of rotatable bonds is 3. The van der Waals surface area contributed by atoms with Crippen molar-refractivity contribution in [2.24, 2.45) is 5.92 Å². The van der Waals surface area contributed by atoms with E-state index in [1.807, 2.05) is 54.8 Å². The van der Waals surface area contributed by atoms with Gasteiger partial charge in [0.25, 0.3) is 0 Å². The zero-order valence-electron chi connectivity index (χ0n) is 16.3. The van der Waals surface area contributed by atoms with Gasteiger partial charge in [-0.15, -0.1) is 0 Å². The zero-order chi connectivity index (χ0) is 18.9. The van der Waals surface area contributed by atoms with Crippen LogP contribution in [0.5, 0.6) is 5.75 Å². The summed E-state index contributed by atoms with van der Waals surface area (Å²) in [4.78, 5) is 28.8. The molecule has 0 bridgehead atoms. The standard InChI is InChI=1S/C21H30N2O3/c1-15-5-7-17(8-6-15)26-18-9-11-22(12-10-18)20(25)16-13-19(24)23(14-16)21(2,3)4/h5-8,16,18H,9-14H2,1-4H3. The molecule has 0 saturated carbocycles. The van der Waals surface area contributed by atoms with Gasteiger partial charge in [0.1, 0.15) is 11.9 Å². The number of hydrogen-bond donors (Lipinski definition) is 0. The topological polar surface area (TPSA) is 49.9 Å². The van der Waals surface area contributed by atoms with Crippen LogP contribution in [0.2, 0.25) is 0 Å². The van der Waals surface area contributed by atoms with Crippen LogP contribution in [0.15, 0.2) is 24.3 Å². The van der Waals surface area contributed by atoms with Crippen molar-refractivity contribution in [3.63, 3.8) is 0 Å². The number of likely N-dealkylation sites (tertiary alicyclic amines) is 2. The van der Waals surface area contributed by atoms with Crippen molar-refractivity contribution in [1.82, 2.24) is 9.80 Å². The summed E-state index contributed by atoms with van der Waals surface area (Å²) in [6.45, 7) is 10.1. The second kappa shape index (κ2) is 7.29. The normalized spacial score (nSPS) is 22.0. The van der Waals surface area contributed by atoms with Gasteiger partial charge in [-0.05, 0) is 39.8 Å². The second-order valence-electron chi connectivity index (χ2n) is 8.53. The Kier molecular flexibility index (Phi) is 5.26. The molecule has 1 aromatic carbocycles. The summed E-state index contributed by atoms with van der Waals surface area (Å²) < 4.78 is 6.04. The highest BCUT2D eigenvalue weighted by Crippen LogP contribution is 2.28. The summed E-state index contributed by atoms with van der Waals surface area (Å²) in [7, 11) is 0. The average Bonchev–Trinajstić information content (AvgIpc) is 2.99. The number of carbonyl (C=O) groups excluding carboxylic acids is 2. The minimum absolute atomic E-state index is 0.0911. The lowest BCUT2D eigenvalue weighted by Crippen LogP contribution is -2.46. The number of aryl methyl sites for hydroxylation is 1. The molecule has 1 aromatic rings. The molecule has 0 aliphatic carbocycles. The molecule has 0 radical (unpaired) electrons. The fourth-order valence-electron chi connectivity index (χ4n) is 3.78. The summed E-state index contributed by atoms with van der Waals surface area (Å²) in [6.07, 6.45) is 2.17. The molecular weight excluding hydrogens is 328 g/mol. The highest BCUT2D eigenvalue weighted by atomic mass is 16.5. The summed E-state index contributed by atoms with van der Waals surface area (Å²) in [5.74, 6) is 0.909. The third-order valence-corrected chi connectivity index (χ3v) is 5.36. The number of carbonyl (C=O) groups is 2. The van der Waals surface area contributed by atoms with Crippen LogP contribution >= 0.6 is 0 Å². The highest BCUT2D eigenvalue weighted by Gasteiger charge is 2.41. The van der Waals surface area contributed by atoms with Gasteiger partial charge in [-0.2, -0.15) is 0 Å². The lowest BCUT2D eigenvalue weighted by molar-refractivity contribution is -0.137. The van der Waals surface area contributed by atoms with Crippen LogP contribution < -0.4 is 4.74 Å². The van der Waals surface area contributed by atoms with Crippen LogP contribution in [0.4, 0.5) is 0 Å². The molecule has 0 N–H and O–H groups in total. The Morgan fingerprint density at radius 3 is 2.27 bits per heavy atom. The fourth-order valence-corrected chi connectivity index (χ4v) is 3.78. The molecule has 5 nitrogen and oxygen atoms in total. The number of amides is 2. The van der Waals surface area contributed by atoms with Crippen molar-refractivity contribution >= 4 is 11.8 Å². The minimum atomic E-state index is -0.221. The predicted molar refractivity (Wildman–Crippen MR) is 101 cm³/mol. The van der Waals surface area contributed by atoms with E-state index in [-0.39, 0.29) is 29.4 Å². The van der Waals surface area contributed by atoms with E-state index in [1.54, 1.807) is 0 Å². The molecule has 2 saturated heterocycles. The third kappa shape index (κ3) is 4.19. The highest BCUT2D eigenvalue weighted by molar-refractivity contribution is 5.89. The number of piperidine rings is 1. The smallest absolute Gasteiger partial charge is 0.227 e. The molecule has 0 spiro atoms. The summed E-state index contributed by atoms with van der Waals surface area (Å²) in [5, 5.41) is 0. The van der Waals surface area contributed by atoms with Crippen LogP contribution in [0, 0.1) is 12.8 Å². The Morgan fingerprint density at radius 1 is 1.12 bits per heavy atom. The van der Waals surface area contributed by atoms with Gasteiger partial charge >= 0.3 is 0 Å². The molecule has 5 heteroatoms. The Morgan fingerprint density at radius 2 is 1.73 bits per heavy atom. The molecule has 2 heterocycles. The molecule has 2 aliphatic rings. The van der Waals surface area contributed by atoms with Crippen LogP contribution in [0.25, 0.3) is 0 Å². The first-order valence-corrected chi connectivity index (χ1v) is 9.56. The monoisotopic (exact) mass is 358 g/mol. The molecular formula is C21H30N2O3. The van der Waals surface area contributed by atoms with E-state index < -0.39 is 0 Å². The summed E-state index contributed by atoms with van der Waals surface area (Å²) in [6, 6.07) is 8.09. The van der Waals surface area contributed by atoms with Crippen molar-refractivity contribution in [3.8, 4) is 5.75 Å². The van der Waals surface area contributed by atoms with Gasteiger partial charge in [0, 0.05) is 44.4 Å². The fraction of sp³-hybridized carbons (Fsp3) is 0.619. The van der Waals surface area contributed by atoms with E-state index in [2.05, 4.69) is 6.92 Å². The molecule has 3 rings (SSSR count). The predicted octanol–water partition coefficient (Wildman–Crippen LogP) is 3.01. The van der Waals surface area contributed by atoms with E-state index in [0.29, 0.717) is 26.1 Å². The Bertz CT molecular complexity index is 655. The SMILES string of the molecule is Cc1ccc(OC2CCN(C(=O)C3CC(=O)N(C(C)(C)C)C3)CC2)cc1. The van der Waals surface area contributed by atoms with E-state index in [0.717, 1.165) is 18.6 Å². The number of nitrogens with zero attached hydrogens (tertiary/aromatic N) is 2. The number of benzene rings is 1. The Labute approximate surface area is 156 Å². The number of hydrogen-bond acceptors (Lipinski definition) is 3. The van der Waals surface area contributed by atoms with E-state index in [1.165, 1.54) is 5.56 Å². The van der Waals surface area contributed by atoms with Crippen molar-refractivity contribution < 1.29 is 14.3 Å². The first kappa shape index (κ1) is 18.7. The van der Waals surface area contributed by atoms with Gasteiger partial charge in [-0.3, -0.25) is 9.59 Å². The third-order valence-electron chi connectivity index (χ3n) is 5.36. The van der Waals surface area contributed by atoms with Crippen LogP contribution in [-0.4, -0.2) is 52.9 Å². The number of ether oxygens (including phenoxy) is 1. The quantitative estimate of drug-likeness (QED) is 0.835. The van der Waals surface area contributed by atoms with Gasteiger partial charge in [-0.1, -0.05) is 17.7 Å². The summed E-state index contributed by atoms with van der Waals surface area (Å²) in [5.41, 5.74) is 0.995. The zero-order valence-corrected chi connectivity index (χ0v) is 16.3. The molecule has 0 aromatic heterocycles. The molecule has 1 unspecified atom stereocenters. The van der Waals surface area contributed by atoms with Gasteiger partial charge < -0.3 is 14.5 Å². The molecule has 26 heavy (non-hydrogen) atoms. The second-order valence-corrected chi connectivity index (χ2v) is 8.53. The lowest BCUT2D eigenvalue weighted by atomic mass is 10.0. The van der Waals surface area contributed by atoms with E-state index in [9.17, 15) is 9.59 Å². The van der Waals surface area contributed by atoms with Gasteiger partial charge in [0.15, 0.2) is 0 Å². The van der Waals surface area contributed by atoms with E-state index in [4.69, 9.17) is 4.74 Å². The summed E-state index contributed by atoms with van der Waals surface area (Å²) >= 11 is 0. The van der Waals surface area contributed by atoms with E-state index >= 15 is 0 Å². The molecule has 1 atom stereocenters. The maximum Gasteiger partial charge on any atom is 0.227 e. The van der Waals surface area contributed by atoms with Gasteiger partial charge in [0.05, 0.1) is 5.92 Å². The van der Waals surface area contributed by atoms with Gasteiger partial charge in [0.2, 0.25) is 11.8 Å². The van der Waals surface area contributed by atoms with Crippen LogP contribution in [0.3, 0.4) is 0 Å². The van der Waals surface area contributed by atoms with Crippen molar-refractivity contribution in [2.75, 3.05) is 19.6 Å². The van der Waals surface area contributed by atoms with Crippen molar-refractivity contribution in [3.05, 3.63) is 29.8 Å². The molecule has 142 valence electrons. The molecule has 2 amide bonds. The lowest BCUT2D eigenvalue weighted by Gasteiger charge is -2.34. The maximum absolute atomic E-state index is 12.8. The van der Waals surface area contributed by atoms with Crippen molar-refractivity contribution in [1.29, 1.82) is 0 Å². The average molecular weight is 358 g/mol. The molecule has 2 fully saturated rings. The Hall–Kier alpha value is -2.04. The largest absolute Gasteiger partial charge is 0.490 e.